The summed E-state index contributed by atoms with van der Waals surface area (Å²) in [5, 5.41) is 6.23. The molecule has 0 aliphatic rings. The van der Waals surface area contributed by atoms with Crippen LogP contribution in [0.1, 0.15) is 15.4 Å². The van der Waals surface area contributed by atoms with Gasteiger partial charge in [0.1, 0.15) is 10.6 Å². The van der Waals surface area contributed by atoms with Gasteiger partial charge in [-0.05, 0) is 42.7 Å². The van der Waals surface area contributed by atoms with Crippen LogP contribution in [0.3, 0.4) is 0 Å². The first-order valence-corrected chi connectivity index (χ1v) is 6.08. The van der Waals surface area contributed by atoms with Gasteiger partial charge < -0.3 is 10.1 Å². The minimum Gasteiger partial charge on any atom is -0.406 e. The van der Waals surface area contributed by atoms with Crippen LogP contribution in [-0.2, 0) is 0 Å². The molecule has 0 aliphatic carbocycles. The van der Waals surface area contributed by atoms with E-state index >= 15 is 0 Å². The number of nitrogens with zero attached hydrogens (tertiary/aromatic N) is 2. The van der Waals surface area contributed by atoms with E-state index in [9.17, 15) is 18.0 Å². The highest BCUT2D eigenvalue weighted by molar-refractivity contribution is 7.08. The maximum Gasteiger partial charge on any atom is 0.573 e. The van der Waals surface area contributed by atoms with Gasteiger partial charge in [-0.1, -0.05) is 4.49 Å². The molecule has 9 heteroatoms. The summed E-state index contributed by atoms with van der Waals surface area (Å²) in [6.45, 7) is 1.64. The molecule has 0 saturated heterocycles. The van der Waals surface area contributed by atoms with Crippen molar-refractivity contribution in [1.82, 2.24) is 9.59 Å². The van der Waals surface area contributed by atoms with Gasteiger partial charge in [0.15, 0.2) is 0 Å². The highest BCUT2D eigenvalue weighted by Crippen LogP contribution is 2.24. The van der Waals surface area contributed by atoms with E-state index in [-0.39, 0.29) is 5.75 Å². The zero-order valence-electron chi connectivity index (χ0n) is 10.1. The number of carbonyl (C=O) groups is 1. The third-order valence-corrected chi connectivity index (χ3v) is 3.03. The minimum atomic E-state index is -4.74. The van der Waals surface area contributed by atoms with Gasteiger partial charge in [-0.3, -0.25) is 4.79 Å². The largest absolute Gasteiger partial charge is 0.573 e. The number of ether oxygens (including phenoxy) is 1. The quantitative estimate of drug-likeness (QED) is 0.946. The van der Waals surface area contributed by atoms with Crippen molar-refractivity contribution >= 4 is 23.1 Å². The lowest BCUT2D eigenvalue weighted by Gasteiger charge is -2.09. The normalized spacial score (nSPS) is 11.2. The summed E-state index contributed by atoms with van der Waals surface area (Å²) < 4.78 is 43.3. The van der Waals surface area contributed by atoms with Gasteiger partial charge >= 0.3 is 6.36 Å². The number of hydrogen-bond donors (Lipinski definition) is 1. The van der Waals surface area contributed by atoms with Crippen molar-refractivity contribution in [3.05, 3.63) is 34.8 Å². The fraction of sp³-hybridized carbons (Fsp3) is 0.182. The number of alkyl halides is 3. The van der Waals surface area contributed by atoms with Crippen molar-refractivity contribution in [2.45, 2.75) is 13.3 Å². The molecule has 1 aromatic heterocycles. The third-order valence-electron chi connectivity index (χ3n) is 2.20. The Morgan fingerprint density at radius 1 is 1.30 bits per heavy atom. The molecule has 1 N–H and O–H groups in total. The van der Waals surface area contributed by atoms with Crippen molar-refractivity contribution in [3.63, 3.8) is 0 Å². The van der Waals surface area contributed by atoms with Crippen LogP contribution >= 0.6 is 11.5 Å². The molecule has 0 unspecified atom stereocenters. The minimum absolute atomic E-state index is 0.345. The Hall–Kier alpha value is -2.16. The van der Waals surface area contributed by atoms with E-state index in [0.29, 0.717) is 16.3 Å². The SMILES string of the molecule is Cc1nnsc1C(=O)Nc1ccc(OC(F)(F)F)cc1. The summed E-state index contributed by atoms with van der Waals surface area (Å²) in [6.07, 6.45) is -4.74. The smallest absolute Gasteiger partial charge is 0.406 e. The van der Waals surface area contributed by atoms with Gasteiger partial charge in [0.05, 0.1) is 5.69 Å². The van der Waals surface area contributed by atoms with E-state index in [1.165, 1.54) is 12.1 Å². The van der Waals surface area contributed by atoms with Crippen LogP contribution in [-0.4, -0.2) is 21.9 Å². The van der Waals surface area contributed by atoms with Crippen molar-refractivity contribution in [2.24, 2.45) is 0 Å². The van der Waals surface area contributed by atoms with Crippen LogP contribution in [0.5, 0.6) is 5.75 Å². The first-order chi connectivity index (χ1) is 9.35. The van der Waals surface area contributed by atoms with Crippen molar-refractivity contribution < 1.29 is 22.7 Å². The summed E-state index contributed by atoms with van der Waals surface area (Å²) in [6, 6.07) is 4.84. The molecule has 5 nitrogen and oxygen atoms in total. The Morgan fingerprint density at radius 2 is 1.95 bits per heavy atom. The Bertz CT molecular complexity index is 610. The van der Waals surface area contributed by atoms with E-state index in [1.807, 2.05) is 0 Å². The second-order valence-electron chi connectivity index (χ2n) is 3.71. The van der Waals surface area contributed by atoms with E-state index < -0.39 is 12.3 Å². The van der Waals surface area contributed by atoms with E-state index in [4.69, 9.17) is 0 Å². The zero-order chi connectivity index (χ0) is 14.8. The third kappa shape index (κ3) is 3.67. The van der Waals surface area contributed by atoms with E-state index in [1.54, 1.807) is 6.92 Å². The standard InChI is InChI=1S/C11H8F3N3O2S/c1-6-9(20-17-16-6)10(18)15-7-2-4-8(5-3-7)19-11(12,13)14/h2-5H,1H3,(H,15,18). The molecular formula is C11H8F3N3O2S. The lowest BCUT2D eigenvalue weighted by Crippen LogP contribution is -2.17. The van der Waals surface area contributed by atoms with Gasteiger partial charge in [-0.15, -0.1) is 18.3 Å². The zero-order valence-corrected chi connectivity index (χ0v) is 10.9. The number of aromatic nitrogens is 2. The number of hydrogen-bond acceptors (Lipinski definition) is 5. The summed E-state index contributed by atoms with van der Waals surface area (Å²) >= 11 is 0.941. The van der Waals surface area contributed by atoms with Gasteiger partial charge in [-0.2, -0.15) is 0 Å². The molecule has 1 heterocycles. The molecule has 0 spiro atoms. The Balaban J connectivity index is 2.04. The molecule has 106 valence electrons. The number of anilines is 1. The second kappa shape index (κ2) is 5.45. The average molecular weight is 303 g/mol. The van der Waals surface area contributed by atoms with Crippen molar-refractivity contribution in [2.75, 3.05) is 5.32 Å². The maximum absolute atomic E-state index is 12.0. The maximum atomic E-state index is 12.0. The van der Waals surface area contributed by atoms with Gasteiger partial charge in [0.25, 0.3) is 5.91 Å². The first kappa shape index (κ1) is 14.3. The van der Waals surface area contributed by atoms with E-state index in [2.05, 4.69) is 19.6 Å². The molecule has 0 aliphatic heterocycles. The molecule has 20 heavy (non-hydrogen) atoms. The van der Waals surface area contributed by atoms with Crippen LogP contribution in [0.25, 0.3) is 0 Å². The number of halogens is 3. The molecule has 0 atom stereocenters. The van der Waals surface area contributed by atoms with Crippen LogP contribution in [0.4, 0.5) is 18.9 Å². The lowest BCUT2D eigenvalue weighted by atomic mass is 10.3. The predicted molar refractivity (Wildman–Crippen MR) is 65.7 cm³/mol. The number of aryl methyl sites for hydroxylation is 1. The Labute approximate surface area is 115 Å². The molecule has 1 aromatic carbocycles. The number of carbonyl (C=O) groups excluding carboxylic acids is 1. The summed E-state index contributed by atoms with van der Waals surface area (Å²) in [5.41, 5.74) is 0.835. The van der Waals surface area contributed by atoms with Crippen LogP contribution < -0.4 is 10.1 Å². The first-order valence-electron chi connectivity index (χ1n) is 5.31. The highest BCUT2D eigenvalue weighted by Gasteiger charge is 2.30. The van der Waals surface area contributed by atoms with Crippen molar-refractivity contribution in [3.8, 4) is 5.75 Å². The molecular weight excluding hydrogens is 295 g/mol. The molecule has 0 fully saturated rings. The van der Waals surface area contributed by atoms with Gasteiger partial charge in [0.2, 0.25) is 0 Å². The number of nitrogens with one attached hydrogen (secondary N) is 1. The Morgan fingerprint density at radius 3 is 2.45 bits per heavy atom. The van der Waals surface area contributed by atoms with Gasteiger partial charge in [-0.25, -0.2) is 0 Å². The summed E-state index contributed by atoms with van der Waals surface area (Å²) in [4.78, 5) is 12.2. The lowest BCUT2D eigenvalue weighted by molar-refractivity contribution is -0.274. The summed E-state index contributed by atoms with van der Waals surface area (Å²) in [7, 11) is 0. The van der Waals surface area contributed by atoms with Gasteiger partial charge in [0, 0.05) is 5.69 Å². The average Bonchev–Trinajstić information content (AvgIpc) is 2.76. The Kier molecular flexibility index (Phi) is 3.89. The molecule has 2 rings (SSSR count). The molecule has 0 radical (unpaired) electrons. The molecule has 0 bridgehead atoms. The molecule has 1 amide bonds. The predicted octanol–water partition coefficient (Wildman–Crippen LogP) is 3.00. The van der Waals surface area contributed by atoms with Crippen LogP contribution in [0, 0.1) is 6.92 Å². The molecule has 2 aromatic rings. The fourth-order valence-corrected chi connectivity index (χ4v) is 1.92. The summed E-state index contributed by atoms with van der Waals surface area (Å²) in [5.74, 6) is -0.770. The monoisotopic (exact) mass is 303 g/mol. The topological polar surface area (TPSA) is 64.1 Å². The highest BCUT2D eigenvalue weighted by atomic mass is 32.1. The molecule has 0 saturated carbocycles. The van der Waals surface area contributed by atoms with Crippen LogP contribution in [0.2, 0.25) is 0 Å². The second-order valence-corrected chi connectivity index (χ2v) is 4.47. The van der Waals surface area contributed by atoms with E-state index in [0.717, 1.165) is 23.7 Å². The van der Waals surface area contributed by atoms with Crippen LogP contribution in [0.15, 0.2) is 24.3 Å². The number of benzene rings is 1. The fourth-order valence-electron chi connectivity index (χ4n) is 1.37. The van der Waals surface area contributed by atoms with Crippen molar-refractivity contribution in [1.29, 1.82) is 0 Å². The number of rotatable bonds is 3. The number of amides is 1.